The van der Waals surface area contributed by atoms with Crippen molar-refractivity contribution in [2.75, 3.05) is 7.11 Å². The molecule has 0 bridgehead atoms. The van der Waals surface area contributed by atoms with Crippen LogP contribution in [0.5, 0.6) is 0 Å². The number of hydrogen-bond donors (Lipinski definition) is 0. The summed E-state index contributed by atoms with van der Waals surface area (Å²) in [5, 5.41) is 2.25. The summed E-state index contributed by atoms with van der Waals surface area (Å²) in [6, 6.07) is 10.4. The Morgan fingerprint density at radius 3 is 2.29 bits per heavy atom. The second-order valence-corrected chi connectivity index (χ2v) is 7.98. The summed E-state index contributed by atoms with van der Waals surface area (Å²) in [6.45, 7) is 8.14. The van der Waals surface area contributed by atoms with Gasteiger partial charge in [-0.05, 0) is 0 Å². The van der Waals surface area contributed by atoms with Crippen molar-refractivity contribution in [1.82, 2.24) is 0 Å². The molecule has 74 valence electrons. The lowest BCUT2D eigenvalue weighted by atomic mass is 10.4. The van der Waals surface area contributed by atoms with Crippen LogP contribution in [-0.4, -0.2) is 15.2 Å². The van der Waals surface area contributed by atoms with Gasteiger partial charge in [-0.1, -0.05) is 60.9 Å². The highest BCUT2D eigenvalue weighted by Gasteiger charge is 2.29. The molecule has 1 rings (SSSR count). The molecule has 0 fully saturated rings. The Kier molecular flexibility index (Phi) is 3.34. The van der Waals surface area contributed by atoms with E-state index in [1.807, 2.05) is 6.07 Å². The molecule has 0 aliphatic rings. The third kappa shape index (κ3) is 1.98. The standard InChI is InChI=1S/C12H16OSi/c1-5-12(13-2)14(3,4)11-9-7-6-8-10-11/h6-10H,1H2,2-4H3. The maximum Gasteiger partial charge on any atom is 0.166 e. The first kappa shape index (κ1) is 10.8. The van der Waals surface area contributed by atoms with Gasteiger partial charge in [0.05, 0.1) is 7.11 Å². The number of rotatable bonds is 3. The van der Waals surface area contributed by atoms with Crippen LogP contribution in [0.3, 0.4) is 0 Å². The highest BCUT2D eigenvalue weighted by atomic mass is 28.3. The number of ether oxygens (including phenoxy) is 1. The SMILES string of the molecule is C=C=C(OC)[Si](C)(C)c1ccccc1. The van der Waals surface area contributed by atoms with Crippen LogP contribution in [0, 0.1) is 0 Å². The fourth-order valence-electron chi connectivity index (χ4n) is 1.53. The van der Waals surface area contributed by atoms with Crippen LogP contribution in [0.4, 0.5) is 0 Å². The van der Waals surface area contributed by atoms with E-state index in [1.54, 1.807) is 7.11 Å². The van der Waals surface area contributed by atoms with Gasteiger partial charge in [0.15, 0.2) is 8.07 Å². The third-order valence-corrected chi connectivity index (χ3v) is 5.72. The molecule has 0 aliphatic heterocycles. The lowest BCUT2D eigenvalue weighted by Crippen LogP contribution is -2.44. The Morgan fingerprint density at radius 2 is 1.86 bits per heavy atom. The molecule has 0 N–H and O–H groups in total. The van der Waals surface area contributed by atoms with E-state index in [2.05, 4.69) is 49.7 Å². The molecule has 0 unspecified atom stereocenters. The normalized spacial score (nSPS) is 10.5. The van der Waals surface area contributed by atoms with Crippen LogP contribution in [0.15, 0.2) is 48.0 Å². The Hall–Kier alpha value is -1.24. The minimum absolute atomic E-state index is 0.906. The molecule has 0 aliphatic carbocycles. The van der Waals surface area contributed by atoms with Gasteiger partial charge in [-0.15, -0.1) is 0 Å². The smallest absolute Gasteiger partial charge is 0.166 e. The summed E-state index contributed by atoms with van der Waals surface area (Å²) in [4.78, 5) is 0. The molecular formula is C12H16OSi. The number of hydrogen-bond acceptors (Lipinski definition) is 1. The van der Waals surface area contributed by atoms with Gasteiger partial charge in [-0.25, -0.2) is 0 Å². The number of methoxy groups -OCH3 is 1. The lowest BCUT2D eigenvalue weighted by molar-refractivity contribution is 0.317. The average molecular weight is 204 g/mol. The average Bonchev–Trinajstić information content (AvgIpc) is 2.20. The molecule has 0 radical (unpaired) electrons. The van der Waals surface area contributed by atoms with Crippen LogP contribution < -0.4 is 5.19 Å². The summed E-state index contributed by atoms with van der Waals surface area (Å²) in [5.74, 6) is 0. The molecule has 1 nitrogen and oxygen atoms in total. The Morgan fingerprint density at radius 1 is 1.29 bits per heavy atom. The zero-order valence-electron chi connectivity index (χ0n) is 9.00. The first-order valence-corrected chi connectivity index (χ1v) is 7.63. The Balaban J connectivity index is 3.14. The molecule has 0 heterocycles. The zero-order chi connectivity index (χ0) is 10.6. The second kappa shape index (κ2) is 4.31. The Bertz CT molecular complexity index is 348. The van der Waals surface area contributed by atoms with Gasteiger partial charge >= 0.3 is 0 Å². The summed E-state index contributed by atoms with van der Waals surface area (Å²) < 4.78 is 5.32. The third-order valence-electron chi connectivity index (χ3n) is 2.43. The summed E-state index contributed by atoms with van der Waals surface area (Å²) in [7, 11) is -0.00231. The highest BCUT2D eigenvalue weighted by molar-refractivity contribution is 6.95. The van der Waals surface area contributed by atoms with Crippen LogP contribution in [0.2, 0.25) is 13.1 Å². The van der Waals surface area contributed by atoms with E-state index in [0.717, 1.165) is 5.38 Å². The van der Waals surface area contributed by atoms with Crippen molar-refractivity contribution in [3.8, 4) is 0 Å². The molecule has 0 saturated heterocycles. The van der Waals surface area contributed by atoms with Crippen molar-refractivity contribution in [2.24, 2.45) is 0 Å². The van der Waals surface area contributed by atoms with Gasteiger partial charge in [-0.2, -0.15) is 0 Å². The molecule has 0 atom stereocenters. The minimum atomic E-state index is -1.69. The fraction of sp³-hybridized carbons (Fsp3) is 0.250. The summed E-state index contributed by atoms with van der Waals surface area (Å²) >= 11 is 0. The first-order chi connectivity index (χ1) is 6.62. The molecule has 0 saturated carbocycles. The predicted molar refractivity (Wildman–Crippen MR) is 63.2 cm³/mol. The van der Waals surface area contributed by atoms with Crippen molar-refractivity contribution >= 4 is 13.3 Å². The van der Waals surface area contributed by atoms with Crippen molar-refractivity contribution < 1.29 is 4.74 Å². The monoisotopic (exact) mass is 204 g/mol. The summed E-state index contributed by atoms with van der Waals surface area (Å²) in [5.41, 5.74) is 2.90. The molecule has 0 amide bonds. The van der Waals surface area contributed by atoms with Crippen LogP contribution >= 0.6 is 0 Å². The molecular weight excluding hydrogens is 188 g/mol. The van der Waals surface area contributed by atoms with E-state index >= 15 is 0 Å². The first-order valence-electron chi connectivity index (χ1n) is 4.63. The maximum atomic E-state index is 5.32. The van der Waals surface area contributed by atoms with Crippen molar-refractivity contribution in [3.63, 3.8) is 0 Å². The summed E-state index contributed by atoms with van der Waals surface area (Å²) in [6.07, 6.45) is 0. The van der Waals surface area contributed by atoms with Gasteiger partial charge in [0.1, 0.15) is 5.38 Å². The van der Waals surface area contributed by atoms with E-state index in [0.29, 0.717) is 0 Å². The van der Waals surface area contributed by atoms with E-state index in [9.17, 15) is 0 Å². The van der Waals surface area contributed by atoms with Crippen molar-refractivity contribution in [2.45, 2.75) is 13.1 Å². The second-order valence-electron chi connectivity index (χ2n) is 3.70. The molecule has 0 aromatic heterocycles. The topological polar surface area (TPSA) is 9.23 Å². The quantitative estimate of drug-likeness (QED) is 0.417. The molecule has 1 aromatic rings. The molecule has 0 spiro atoms. The van der Waals surface area contributed by atoms with E-state index < -0.39 is 8.07 Å². The number of benzene rings is 1. The van der Waals surface area contributed by atoms with Gasteiger partial charge in [-0.3, -0.25) is 0 Å². The molecule has 2 heteroatoms. The van der Waals surface area contributed by atoms with E-state index in [1.165, 1.54) is 5.19 Å². The Labute approximate surface area is 86.7 Å². The van der Waals surface area contributed by atoms with Gasteiger partial charge in [0, 0.05) is 0 Å². The maximum absolute atomic E-state index is 5.32. The fourth-order valence-corrected chi connectivity index (χ4v) is 3.77. The molecule has 14 heavy (non-hydrogen) atoms. The zero-order valence-corrected chi connectivity index (χ0v) is 10.0. The van der Waals surface area contributed by atoms with E-state index in [4.69, 9.17) is 4.74 Å². The van der Waals surface area contributed by atoms with Gasteiger partial charge < -0.3 is 4.74 Å². The lowest BCUT2D eigenvalue weighted by Gasteiger charge is -2.23. The van der Waals surface area contributed by atoms with Crippen molar-refractivity contribution in [3.05, 3.63) is 48.0 Å². The van der Waals surface area contributed by atoms with Crippen LogP contribution in [-0.2, 0) is 4.74 Å². The van der Waals surface area contributed by atoms with Crippen LogP contribution in [0.25, 0.3) is 0 Å². The minimum Gasteiger partial charge on any atom is -0.498 e. The van der Waals surface area contributed by atoms with Crippen LogP contribution in [0.1, 0.15) is 0 Å². The van der Waals surface area contributed by atoms with E-state index in [-0.39, 0.29) is 0 Å². The van der Waals surface area contributed by atoms with Crippen molar-refractivity contribution in [1.29, 1.82) is 0 Å². The predicted octanol–water partition coefficient (Wildman–Crippen LogP) is 2.46. The highest BCUT2D eigenvalue weighted by Crippen LogP contribution is 2.14. The largest absolute Gasteiger partial charge is 0.498 e. The molecule has 1 aromatic carbocycles. The van der Waals surface area contributed by atoms with Gasteiger partial charge in [0.2, 0.25) is 0 Å². The van der Waals surface area contributed by atoms with Gasteiger partial charge in [0.25, 0.3) is 0 Å².